The summed E-state index contributed by atoms with van der Waals surface area (Å²) in [4.78, 5) is 2.57. The molecule has 0 aliphatic carbocycles. The molecule has 15 heavy (non-hydrogen) atoms. The lowest BCUT2D eigenvalue weighted by Gasteiger charge is -2.30. The van der Waals surface area contributed by atoms with Gasteiger partial charge in [0.05, 0.1) is 5.69 Å². The van der Waals surface area contributed by atoms with Gasteiger partial charge in [-0.3, -0.25) is 0 Å². The number of piperidine rings is 1. The Morgan fingerprint density at radius 2 is 2.40 bits per heavy atom. The molecule has 2 aliphatic rings. The van der Waals surface area contributed by atoms with Crippen molar-refractivity contribution in [2.45, 2.75) is 25.4 Å². The molecule has 4 heteroatoms. The Bertz CT molecular complexity index is 312. The molecule has 2 bridgehead atoms. The monoisotopic (exact) mass is 207 g/mol. The molecule has 0 amide bonds. The largest absolute Gasteiger partial charge is 0.364 e. The normalized spacial score (nSPS) is 34.5. The van der Waals surface area contributed by atoms with Gasteiger partial charge in [-0.05, 0) is 31.8 Å². The molecule has 0 saturated carbocycles. The molecule has 2 aliphatic heterocycles. The van der Waals surface area contributed by atoms with E-state index in [2.05, 4.69) is 15.4 Å². The summed E-state index contributed by atoms with van der Waals surface area (Å²) in [5.74, 6) is 0.852. The topological polar surface area (TPSA) is 41.3 Å². The van der Waals surface area contributed by atoms with Crippen LogP contribution in [0.4, 0.5) is 0 Å². The summed E-state index contributed by atoms with van der Waals surface area (Å²) in [5, 5.41) is 7.52. The minimum atomic E-state index is 0.681. The molecule has 4 nitrogen and oxygen atoms in total. The quantitative estimate of drug-likeness (QED) is 0.798. The van der Waals surface area contributed by atoms with Crippen LogP contribution in [-0.4, -0.2) is 35.7 Å². The van der Waals surface area contributed by atoms with E-state index < -0.39 is 0 Å². The molecule has 0 aromatic carbocycles. The van der Waals surface area contributed by atoms with Gasteiger partial charge in [-0.1, -0.05) is 5.16 Å². The van der Waals surface area contributed by atoms with Crippen LogP contribution in [0.25, 0.3) is 0 Å². The van der Waals surface area contributed by atoms with Gasteiger partial charge >= 0.3 is 0 Å². The second kappa shape index (κ2) is 3.94. The van der Waals surface area contributed by atoms with Crippen LogP contribution in [0.2, 0.25) is 0 Å². The Labute approximate surface area is 89.6 Å². The van der Waals surface area contributed by atoms with E-state index in [1.165, 1.54) is 32.5 Å². The zero-order valence-electron chi connectivity index (χ0n) is 8.85. The molecule has 82 valence electrons. The average molecular weight is 207 g/mol. The summed E-state index contributed by atoms with van der Waals surface area (Å²) in [6, 6.07) is 2.61. The third-order valence-corrected chi connectivity index (χ3v) is 3.67. The number of hydrogen-bond donors (Lipinski definition) is 1. The van der Waals surface area contributed by atoms with E-state index in [-0.39, 0.29) is 0 Å². The maximum atomic E-state index is 4.82. The number of hydrogen-bond acceptors (Lipinski definition) is 4. The minimum Gasteiger partial charge on any atom is -0.364 e. The van der Waals surface area contributed by atoms with Crippen LogP contribution in [0, 0.1) is 5.92 Å². The molecule has 3 heterocycles. The van der Waals surface area contributed by atoms with Crippen molar-refractivity contribution in [1.29, 1.82) is 0 Å². The van der Waals surface area contributed by atoms with Gasteiger partial charge in [-0.15, -0.1) is 0 Å². The first kappa shape index (κ1) is 9.36. The molecular formula is C11H17N3O. The van der Waals surface area contributed by atoms with Gasteiger partial charge in [0.25, 0.3) is 0 Å². The van der Waals surface area contributed by atoms with Crippen molar-refractivity contribution in [2.75, 3.05) is 19.6 Å². The van der Waals surface area contributed by atoms with E-state index in [1.807, 2.05) is 6.07 Å². The highest BCUT2D eigenvalue weighted by molar-refractivity contribution is 4.97. The summed E-state index contributed by atoms with van der Waals surface area (Å²) in [6.45, 7) is 4.69. The molecule has 2 fully saturated rings. The lowest BCUT2D eigenvalue weighted by atomic mass is 9.94. The molecule has 0 radical (unpaired) electrons. The van der Waals surface area contributed by atoms with Gasteiger partial charge in [-0.25, -0.2) is 0 Å². The number of nitrogens with one attached hydrogen (secondary N) is 1. The average Bonchev–Trinajstić information content (AvgIpc) is 2.88. The first-order chi connectivity index (χ1) is 7.42. The Morgan fingerprint density at radius 1 is 1.47 bits per heavy atom. The predicted octanol–water partition coefficient (Wildman–Crippen LogP) is 0.858. The SMILES string of the molecule is c1cc(CNC2CCN3CCC2C3)no1. The molecular weight excluding hydrogens is 190 g/mol. The van der Waals surface area contributed by atoms with E-state index in [1.54, 1.807) is 6.26 Å². The Morgan fingerprint density at radius 3 is 3.27 bits per heavy atom. The lowest BCUT2D eigenvalue weighted by molar-refractivity contribution is 0.219. The van der Waals surface area contributed by atoms with Crippen molar-refractivity contribution < 1.29 is 4.52 Å². The standard InChI is InChI=1S/C11H17N3O/c1-4-14-5-2-11(9(1)8-14)12-7-10-3-6-15-13-10/h3,6,9,11-12H,1-2,4-5,7-8H2. The first-order valence-corrected chi connectivity index (χ1v) is 5.77. The lowest BCUT2D eigenvalue weighted by Crippen LogP contribution is -2.43. The van der Waals surface area contributed by atoms with Gasteiger partial charge in [0, 0.05) is 25.2 Å². The fourth-order valence-electron chi connectivity index (χ4n) is 2.78. The van der Waals surface area contributed by atoms with Crippen LogP contribution >= 0.6 is 0 Å². The fraction of sp³-hybridized carbons (Fsp3) is 0.727. The molecule has 2 saturated heterocycles. The summed E-state index contributed by atoms with van der Waals surface area (Å²) in [6.07, 6.45) is 4.27. The summed E-state index contributed by atoms with van der Waals surface area (Å²) in [5.41, 5.74) is 1.01. The highest BCUT2D eigenvalue weighted by Gasteiger charge is 2.33. The Balaban J connectivity index is 1.55. The highest BCUT2D eigenvalue weighted by Crippen LogP contribution is 2.27. The molecule has 0 spiro atoms. The number of rotatable bonds is 3. The maximum Gasteiger partial charge on any atom is 0.124 e. The number of aromatic nitrogens is 1. The van der Waals surface area contributed by atoms with Crippen molar-refractivity contribution in [2.24, 2.45) is 5.92 Å². The first-order valence-electron chi connectivity index (χ1n) is 5.77. The van der Waals surface area contributed by atoms with Crippen molar-refractivity contribution >= 4 is 0 Å². The zero-order valence-corrected chi connectivity index (χ0v) is 8.85. The predicted molar refractivity (Wildman–Crippen MR) is 56.3 cm³/mol. The van der Waals surface area contributed by atoms with Crippen LogP contribution in [0.15, 0.2) is 16.9 Å². The molecule has 3 unspecified atom stereocenters. The Hall–Kier alpha value is -0.870. The summed E-state index contributed by atoms with van der Waals surface area (Å²) in [7, 11) is 0. The third-order valence-electron chi connectivity index (χ3n) is 3.67. The van der Waals surface area contributed by atoms with Crippen LogP contribution in [0.1, 0.15) is 18.5 Å². The highest BCUT2D eigenvalue weighted by atomic mass is 16.5. The molecule has 1 N–H and O–H groups in total. The third kappa shape index (κ3) is 1.92. The van der Waals surface area contributed by atoms with Crippen LogP contribution < -0.4 is 5.32 Å². The van der Waals surface area contributed by atoms with Gasteiger partial charge in [0.15, 0.2) is 0 Å². The molecule has 3 rings (SSSR count). The molecule has 3 atom stereocenters. The van der Waals surface area contributed by atoms with Crippen LogP contribution in [-0.2, 0) is 6.54 Å². The molecule has 1 aromatic rings. The van der Waals surface area contributed by atoms with Crippen LogP contribution in [0.5, 0.6) is 0 Å². The summed E-state index contributed by atoms with van der Waals surface area (Å²) < 4.78 is 4.82. The fourth-order valence-corrected chi connectivity index (χ4v) is 2.78. The number of fused-ring (bicyclic) bond motifs is 2. The van der Waals surface area contributed by atoms with E-state index in [4.69, 9.17) is 4.52 Å². The van der Waals surface area contributed by atoms with Gasteiger partial charge < -0.3 is 14.7 Å². The van der Waals surface area contributed by atoms with Crippen molar-refractivity contribution in [3.05, 3.63) is 18.0 Å². The van der Waals surface area contributed by atoms with E-state index in [0.717, 1.165) is 18.2 Å². The minimum absolute atomic E-state index is 0.681. The molecule has 1 aromatic heterocycles. The smallest absolute Gasteiger partial charge is 0.124 e. The van der Waals surface area contributed by atoms with Crippen molar-refractivity contribution in [3.63, 3.8) is 0 Å². The van der Waals surface area contributed by atoms with Crippen molar-refractivity contribution in [1.82, 2.24) is 15.4 Å². The van der Waals surface area contributed by atoms with Gasteiger partial charge in [-0.2, -0.15) is 0 Å². The second-order valence-corrected chi connectivity index (χ2v) is 4.62. The van der Waals surface area contributed by atoms with E-state index in [0.29, 0.717) is 6.04 Å². The van der Waals surface area contributed by atoms with E-state index in [9.17, 15) is 0 Å². The van der Waals surface area contributed by atoms with Gasteiger partial charge in [0.2, 0.25) is 0 Å². The maximum absolute atomic E-state index is 4.82. The van der Waals surface area contributed by atoms with Gasteiger partial charge in [0.1, 0.15) is 6.26 Å². The zero-order chi connectivity index (χ0) is 10.1. The summed E-state index contributed by atoms with van der Waals surface area (Å²) >= 11 is 0. The Kier molecular flexibility index (Phi) is 2.46. The van der Waals surface area contributed by atoms with Crippen LogP contribution in [0.3, 0.4) is 0 Å². The van der Waals surface area contributed by atoms with Crippen molar-refractivity contribution in [3.8, 4) is 0 Å². The number of nitrogens with zero attached hydrogens (tertiary/aromatic N) is 2. The second-order valence-electron chi connectivity index (χ2n) is 4.62. The van der Waals surface area contributed by atoms with E-state index >= 15 is 0 Å².